The Morgan fingerprint density at radius 3 is 2.69 bits per heavy atom. The van der Waals surface area contributed by atoms with E-state index in [4.69, 9.17) is 15.1 Å². The van der Waals surface area contributed by atoms with Crippen LogP contribution in [0.2, 0.25) is 5.82 Å². The molecule has 3 atom stereocenters. The SMILES string of the molecule is C[C@](N)(CN1CC(Oc2ccc3c(c2C(=O)O)O[B-](O)(O)[C@H]2C[C@@H]32)C1)C(=O)NCC([NH3+])=O. The summed E-state index contributed by atoms with van der Waals surface area (Å²) in [7, 11) is 0. The molecule has 4 rings (SSSR count). The van der Waals surface area contributed by atoms with Gasteiger partial charge in [-0.1, -0.05) is 18.3 Å². The van der Waals surface area contributed by atoms with Gasteiger partial charge in [-0.3, -0.25) is 15.4 Å². The van der Waals surface area contributed by atoms with Crippen LogP contribution in [0, 0.1) is 0 Å². The Hall–Kier alpha value is -2.71. The standard InChI is InChI=1S/C19H26BN4O8/c1-19(22,18(28)23-5-14(21)25)8-24-6-9(7-24)31-13-3-2-10-11-4-12(11)20(29,30)32-16(10)15(13)17(26)27/h2-3,9,11-12,29-30H,4-8,22H2,1H3,(H2,21,25)(H,23,28)(H,26,27)/q-1/p+1/t11-,12-,19-/m0/s1. The van der Waals surface area contributed by atoms with Crippen molar-refractivity contribution in [2.75, 3.05) is 26.2 Å². The fourth-order valence-electron chi connectivity index (χ4n) is 4.44. The number of carbonyl (C=O) groups is 3. The van der Waals surface area contributed by atoms with E-state index in [0.29, 0.717) is 25.1 Å². The van der Waals surface area contributed by atoms with Gasteiger partial charge in [-0.25, -0.2) is 9.59 Å². The largest absolute Gasteiger partial charge is 0.669 e. The third kappa shape index (κ3) is 4.17. The van der Waals surface area contributed by atoms with Gasteiger partial charge in [0.1, 0.15) is 29.5 Å². The van der Waals surface area contributed by atoms with E-state index >= 15 is 0 Å². The van der Waals surface area contributed by atoms with E-state index in [1.807, 2.05) is 4.90 Å². The lowest BCUT2D eigenvalue weighted by molar-refractivity contribution is -0.304. The zero-order valence-corrected chi connectivity index (χ0v) is 17.6. The molecule has 0 aromatic heterocycles. The second-order valence-electron chi connectivity index (χ2n) is 9.12. The van der Waals surface area contributed by atoms with Gasteiger partial charge in [0.25, 0.3) is 0 Å². The molecule has 12 nitrogen and oxygen atoms in total. The summed E-state index contributed by atoms with van der Waals surface area (Å²) in [6, 6.07) is 3.27. The van der Waals surface area contributed by atoms with E-state index in [2.05, 4.69) is 11.1 Å². The number of quaternary nitrogens is 1. The zero-order valence-electron chi connectivity index (χ0n) is 17.6. The molecule has 2 amide bonds. The van der Waals surface area contributed by atoms with Gasteiger partial charge in [0.2, 0.25) is 5.91 Å². The predicted octanol–water partition coefficient (Wildman–Crippen LogP) is -2.78. The van der Waals surface area contributed by atoms with Crippen molar-refractivity contribution < 1.29 is 44.7 Å². The van der Waals surface area contributed by atoms with Crippen LogP contribution in [0.25, 0.3) is 0 Å². The Labute approximate surface area is 183 Å². The number of nitrogens with one attached hydrogen (secondary N) is 1. The topological polar surface area (TPSA) is 199 Å². The van der Waals surface area contributed by atoms with Crippen molar-refractivity contribution in [1.29, 1.82) is 0 Å². The number of ether oxygens (including phenoxy) is 1. The lowest BCUT2D eigenvalue weighted by atomic mass is 9.68. The third-order valence-corrected chi connectivity index (χ3v) is 6.19. The van der Waals surface area contributed by atoms with Crippen molar-refractivity contribution in [2.45, 2.75) is 36.7 Å². The lowest BCUT2D eigenvalue weighted by Crippen LogP contribution is -2.66. The first-order chi connectivity index (χ1) is 14.9. The molecular weight excluding hydrogens is 423 g/mol. The predicted molar refractivity (Wildman–Crippen MR) is 110 cm³/mol. The van der Waals surface area contributed by atoms with Gasteiger partial charge in [0.05, 0.1) is 5.75 Å². The fourth-order valence-corrected chi connectivity index (χ4v) is 4.44. The number of carbonyl (C=O) groups excluding carboxylic acids is 2. The highest BCUT2D eigenvalue weighted by Crippen LogP contribution is 2.63. The lowest BCUT2D eigenvalue weighted by Gasteiger charge is -2.43. The smallest absolute Gasteiger partial charge is 0.434 e. The average molecular weight is 450 g/mol. The number of fused-ring (bicyclic) bond motifs is 3. The molecular formula is C19H27BN4O8. The first-order valence-electron chi connectivity index (χ1n) is 10.4. The highest BCUT2D eigenvalue weighted by atomic mass is 16.6. The molecule has 174 valence electrons. The van der Waals surface area contributed by atoms with Gasteiger partial charge in [0.15, 0.2) is 0 Å². The molecule has 9 N–H and O–H groups in total. The number of amides is 2. The molecule has 2 aliphatic heterocycles. The van der Waals surface area contributed by atoms with E-state index in [-0.39, 0.29) is 42.2 Å². The van der Waals surface area contributed by atoms with Gasteiger partial charge in [-0.05, 0) is 24.5 Å². The maximum Gasteiger partial charge on any atom is 0.434 e. The average Bonchev–Trinajstić information content (AvgIpc) is 3.45. The molecule has 2 fully saturated rings. The van der Waals surface area contributed by atoms with Crippen LogP contribution in [-0.4, -0.2) is 82.4 Å². The monoisotopic (exact) mass is 450 g/mol. The number of rotatable bonds is 8. The maximum absolute atomic E-state index is 12.2. The maximum atomic E-state index is 12.2. The van der Waals surface area contributed by atoms with Gasteiger partial charge < -0.3 is 35.6 Å². The van der Waals surface area contributed by atoms with Crippen molar-refractivity contribution in [3.63, 3.8) is 0 Å². The normalized spacial score (nSPS) is 25.3. The highest BCUT2D eigenvalue weighted by molar-refractivity contribution is 6.62. The summed E-state index contributed by atoms with van der Waals surface area (Å²) in [5, 5.41) is 32.4. The molecule has 0 spiro atoms. The molecule has 0 unspecified atom stereocenters. The van der Waals surface area contributed by atoms with Crippen LogP contribution >= 0.6 is 0 Å². The van der Waals surface area contributed by atoms with Crippen molar-refractivity contribution in [3.05, 3.63) is 23.3 Å². The minimum absolute atomic E-state index is 0.0545. The summed E-state index contributed by atoms with van der Waals surface area (Å²) in [4.78, 5) is 36.9. The Bertz CT molecular complexity index is 978. The number of benzene rings is 1. The van der Waals surface area contributed by atoms with Crippen molar-refractivity contribution in [1.82, 2.24) is 10.2 Å². The number of nitrogens with two attached hydrogens (primary N) is 1. The molecule has 3 aliphatic rings. The molecule has 0 radical (unpaired) electrons. The quantitative estimate of drug-likeness (QED) is 0.225. The summed E-state index contributed by atoms with van der Waals surface area (Å²) < 4.78 is 11.2. The summed E-state index contributed by atoms with van der Waals surface area (Å²) in [5.41, 5.74) is 8.43. The summed E-state index contributed by atoms with van der Waals surface area (Å²) in [5.74, 6) is -2.71. The van der Waals surface area contributed by atoms with Crippen LogP contribution in [-0.2, 0) is 9.59 Å². The molecule has 1 aromatic carbocycles. The van der Waals surface area contributed by atoms with E-state index in [1.54, 1.807) is 19.1 Å². The number of likely N-dealkylation sites (tertiary alicyclic amines) is 1. The Morgan fingerprint density at radius 2 is 2.06 bits per heavy atom. The number of carboxylic acids is 1. The fraction of sp³-hybridized carbons (Fsp3) is 0.526. The number of aromatic carboxylic acids is 1. The summed E-state index contributed by atoms with van der Waals surface area (Å²) >= 11 is 0. The molecule has 0 bridgehead atoms. The molecule has 2 heterocycles. The van der Waals surface area contributed by atoms with Crippen LogP contribution < -0.4 is 26.2 Å². The first kappa shape index (κ1) is 22.5. The number of carboxylic acid groups (broad SMARTS) is 1. The summed E-state index contributed by atoms with van der Waals surface area (Å²) in [6.45, 7) is -0.723. The highest BCUT2D eigenvalue weighted by Gasteiger charge is 2.55. The first-order valence-corrected chi connectivity index (χ1v) is 10.4. The Kier molecular flexibility index (Phi) is 5.42. The van der Waals surface area contributed by atoms with E-state index in [1.165, 1.54) is 0 Å². The number of nitrogens with zero attached hydrogens (tertiary/aromatic N) is 1. The van der Waals surface area contributed by atoms with Crippen LogP contribution in [0.4, 0.5) is 0 Å². The molecule has 1 saturated heterocycles. The molecule has 1 saturated carbocycles. The van der Waals surface area contributed by atoms with E-state index in [9.17, 15) is 29.5 Å². The number of hydrogen-bond donors (Lipinski definition) is 6. The van der Waals surface area contributed by atoms with Crippen LogP contribution in [0.5, 0.6) is 11.5 Å². The molecule has 1 aromatic rings. The summed E-state index contributed by atoms with van der Waals surface area (Å²) in [6.07, 6.45) is 0.188. The zero-order chi connectivity index (χ0) is 23.4. The minimum atomic E-state index is -3.11. The Balaban J connectivity index is 1.40. The van der Waals surface area contributed by atoms with E-state index in [0.717, 1.165) is 0 Å². The molecule has 1 aliphatic carbocycles. The van der Waals surface area contributed by atoms with Crippen LogP contribution in [0.3, 0.4) is 0 Å². The number of hydrogen-bond acceptors (Lipinski definition) is 9. The van der Waals surface area contributed by atoms with Gasteiger partial charge in [0, 0.05) is 19.6 Å². The van der Waals surface area contributed by atoms with Crippen molar-refractivity contribution in [3.8, 4) is 11.5 Å². The van der Waals surface area contributed by atoms with Crippen molar-refractivity contribution in [2.24, 2.45) is 5.73 Å². The van der Waals surface area contributed by atoms with Crippen molar-refractivity contribution >= 4 is 24.5 Å². The second-order valence-corrected chi connectivity index (χ2v) is 9.12. The van der Waals surface area contributed by atoms with Crippen LogP contribution in [0.15, 0.2) is 12.1 Å². The Morgan fingerprint density at radius 1 is 1.38 bits per heavy atom. The van der Waals surface area contributed by atoms with Crippen LogP contribution in [0.1, 0.15) is 35.2 Å². The second kappa shape index (κ2) is 7.71. The van der Waals surface area contributed by atoms with Gasteiger partial charge in [-0.15, -0.1) is 0 Å². The minimum Gasteiger partial charge on any atom is -0.669 e. The van der Waals surface area contributed by atoms with E-state index < -0.39 is 35.9 Å². The van der Waals surface area contributed by atoms with Gasteiger partial charge in [-0.2, -0.15) is 0 Å². The van der Waals surface area contributed by atoms with Gasteiger partial charge >= 0.3 is 18.6 Å². The molecule has 13 heteroatoms. The molecule has 32 heavy (non-hydrogen) atoms. The third-order valence-electron chi connectivity index (χ3n) is 6.19.